The number of ketones is 1. The van der Waals surface area contributed by atoms with Crippen molar-refractivity contribution >= 4 is 5.78 Å². The molecule has 0 amide bonds. The van der Waals surface area contributed by atoms with Crippen LogP contribution in [0.4, 0.5) is 0 Å². The third-order valence-electron chi connectivity index (χ3n) is 2.00. The lowest BCUT2D eigenvalue weighted by atomic mass is 10.0. The van der Waals surface area contributed by atoms with E-state index in [1.807, 2.05) is 0 Å². The summed E-state index contributed by atoms with van der Waals surface area (Å²) >= 11 is 0. The number of nitrogens with one attached hydrogen (secondary N) is 1. The van der Waals surface area contributed by atoms with E-state index >= 15 is 0 Å². The lowest BCUT2D eigenvalue weighted by Crippen LogP contribution is -2.09. The lowest BCUT2D eigenvalue weighted by Gasteiger charge is -2.06. The van der Waals surface area contributed by atoms with Crippen molar-refractivity contribution < 1.29 is 4.79 Å². The smallest absolute Gasteiger partial charge is 0.264 e. The standard InChI is InChI=1S/C8H12N2O2/c1-5(6(2)11)7-4-8(12)9-10(7)3/h4-5H,1-3H3,(H,9,12). The van der Waals surface area contributed by atoms with Gasteiger partial charge in [0.1, 0.15) is 5.78 Å². The van der Waals surface area contributed by atoms with Crippen LogP contribution in [0.3, 0.4) is 0 Å². The Labute approximate surface area is 70.2 Å². The first-order valence-electron chi connectivity index (χ1n) is 3.78. The van der Waals surface area contributed by atoms with Crippen LogP contribution in [0, 0.1) is 0 Å². The Hall–Kier alpha value is -1.32. The van der Waals surface area contributed by atoms with E-state index in [9.17, 15) is 9.59 Å². The Morgan fingerprint density at radius 1 is 1.67 bits per heavy atom. The second-order valence-electron chi connectivity index (χ2n) is 2.94. The summed E-state index contributed by atoms with van der Waals surface area (Å²) in [6.45, 7) is 3.30. The Balaban J connectivity index is 3.10. The molecule has 66 valence electrons. The molecular formula is C8H12N2O2. The Morgan fingerprint density at radius 2 is 2.25 bits per heavy atom. The maximum atomic E-state index is 11.0. The fraction of sp³-hybridized carbons (Fsp3) is 0.500. The molecule has 4 nitrogen and oxygen atoms in total. The number of carbonyl (C=O) groups is 1. The molecule has 4 heteroatoms. The topological polar surface area (TPSA) is 54.9 Å². The van der Waals surface area contributed by atoms with Gasteiger partial charge in [0.25, 0.3) is 5.56 Å². The van der Waals surface area contributed by atoms with Crippen LogP contribution in [-0.2, 0) is 11.8 Å². The first-order valence-corrected chi connectivity index (χ1v) is 3.78. The predicted molar refractivity (Wildman–Crippen MR) is 45.1 cm³/mol. The number of hydrogen-bond acceptors (Lipinski definition) is 2. The summed E-state index contributed by atoms with van der Waals surface area (Å²) in [6.07, 6.45) is 0. The molecule has 0 saturated carbocycles. The van der Waals surface area contributed by atoms with Crippen molar-refractivity contribution in [2.24, 2.45) is 7.05 Å². The molecule has 1 aromatic heterocycles. The highest BCUT2D eigenvalue weighted by molar-refractivity contribution is 5.82. The van der Waals surface area contributed by atoms with Crippen LogP contribution in [-0.4, -0.2) is 15.6 Å². The lowest BCUT2D eigenvalue weighted by molar-refractivity contribution is -0.118. The number of rotatable bonds is 2. The molecule has 0 saturated heterocycles. The van der Waals surface area contributed by atoms with Crippen molar-refractivity contribution in [3.05, 3.63) is 22.1 Å². The van der Waals surface area contributed by atoms with Gasteiger partial charge in [0.2, 0.25) is 0 Å². The highest BCUT2D eigenvalue weighted by Gasteiger charge is 2.14. The minimum Gasteiger partial charge on any atom is -0.299 e. The molecular weight excluding hydrogens is 156 g/mol. The van der Waals surface area contributed by atoms with E-state index in [1.165, 1.54) is 13.0 Å². The average Bonchev–Trinajstić information content (AvgIpc) is 2.28. The summed E-state index contributed by atoms with van der Waals surface area (Å²) < 4.78 is 1.58. The minimum absolute atomic E-state index is 0.0598. The molecule has 1 rings (SSSR count). The number of H-pyrrole nitrogens is 1. The summed E-state index contributed by atoms with van der Waals surface area (Å²) in [5.74, 6) is -0.154. The van der Waals surface area contributed by atoms with Crippen molar-refractivity contribution in [1.29, 1.82) is 0 Å². The average molecular weight is 168 g/mol. The fourth-order valence-electron chi connectivity index (χ4n) is 1.12. The number of nitrogens with zero attached hydrogens (tertiary/aromatic N) is 1. The third kappa shape index (κ3) is 1.47. The summed E-state index contributed by atoms with van der Waals surface area (Å²) in [5.41, 5.74) is 0.563. The normalized spacial score (nSPS) is 12.9. The molecule has 0 aliphatic carbocycles. The van der Waals surface area contributed by atoms with Gasteiger partial charge in [-0.15, -0.1) is 0 Å². The molecule has 1 atom stereocenters. The largest absolute Gasteiger partial charge is 0.299 e. The zero-order chi connectivity index (χ0) is 9.30. The van der Waals surface area contributed by atoms with Crippen molar-refractivity contribution in [1.82, 2.24) is 9.78 Å². The van der Waals surface area contributed by atoms with E-state index in [-0.39, 0.29) is 17.3 Å². The number of aryl methyl sites for hydroxylation is 1. The summed E-state index contributed by atoms with van der Waals surface area (Å²) in [4.78, 5) is 21.8. The van der Waals surface area contributed by atoms with E-state index < -0.39 is 0 Å². The molecule has 0 spiro atoms. The van der Waals surface area contributed by atoms with Crippen molar-refractivity contribution in [3.8, 4) is 0 Å². The van der Waals surface area contributed by atoms with Gasteiger partial charge in [-0.2, -0.15) is 0 Å². The van der Waals surface area contributed by atoms with Crippen molar-refractivity contribution in [2.75, 3.05) is 0 Å². The van der Waals surface area contributed by atoms with E-state index in [0.29, 0.717) is 0 Å². The Morgan fingerprint density at radius 3 is 2.58 bits per heavy atom. The summed E-state index contributed by atoms with van der Waals surface area (Å²) in [6, 6.07) is 1.45. The van der Waals surface area contributed by atoms with Crippen LogP contribution in [0.5, 0.6) is 0 Å². The SMILES string of the molecule is CC(=O)C(C)c1cc(=O)[nH]n1C. The monoisotopic (exact) mass is 168 g/mol. The van der Waals surface area contributed by atoms with Crippen molar-refractivity contribution in [2.45, 2.75) is 19.8 Å². The number of aromatic amines is 1. The number of aromatic nitrogens is 2. The summed E-state index contributed by atoms with van der Waals surface area (Å²) in [7, 11) is 1.72. The Bertz CT molecular complexity index is 348. The Kier molecular flexibility index (Phi) is 2.17. The molecule has 0 radical (unpaired) electrons. The highest BCUT2D eigenvalue weighted by atomic mass is 16.1. The van der Waals surface area contributed by atoms with E-state index in [1.54, 1.807) is 18.7 Å². The number of hydrogen-bond donors (Lipinski definition) is 1. The first-order chi connectivity index (χ1) is 5.52. The molecule has 12 heavy (non-hydrogen) atoms. The van der Waals surface area contributed by atoms with Crippen LogP contribution >= 0.6 is 0 Å². The van der Waals surface area contributed by atoms with Crippen LogP contribution in [0.1, 0.15) is 25.5 Å². The van der Waals surface area contributed by atoms with Gasteiger partial charge in [0.05, 0.1) is 11.6 Å². The van der Waals surface area contributed by atoms with Crippen LogP contribution in [0.25, 0.3) is 0 Å². The maximum absolute atomic E-state index is 11.0. The van der Waals surface area contributed by atoms with E-state index in [2.05, 4.69) is 5.10 Å². The second kappa shape index (κ2) is 2.97. The van der Waals surface area contributed by atoms with Crippen LogP contribution in [0.2, 0.25) is 0 Å². The molecule has 0 aliphatic heterocycles. The molecule has 0 fully saturated rings. The zero-order valence-corrected chi connectivity index (χ0v) is 7.42. The number of carbonyl (C=O) groups excluding carboxylic acids is 1. The van der Waals surface area contributed by atoms with Gasteiger partial charge < -0.3 is 0 Å². The minimum atomic E-state index is -0.214. The molecule has 0 bridgehead atoms. The molecule has 0 aliphatic rings. The quantitative estimate of drug-likeness (QED) is 0.695. The van der Waals surface area contributed by atoms with Gasteiger partial charge >= 0.3 is 0 Å². The molecule has 0 aromatic carbocycles. The molecule has 1 heterocycles. The molecule has 1 aromatic rings. The van der Waals surface area contributed by atoms with Gasteiger partial charge in [0, 0.05) is 13.1 Å². The van der Waals surface area contributed by atoms with Gasteiger partial charge in [-0.3, -0.25) is 19.4 Å². The van der Waals surface area contributed by atoms with Gasteiger partial charge in [0.15, 0.2) is 0 Å². The molecule has 1 N–H and O–H groups in total. The second-order valence-corrected chi connectivity index (χ2v) is 2.94. The predicted octanol–water partition coefficient (Wildman–Crippen LogP) is 0.406. The van der Waals surface area contributed by atoms with E-state index in [0.717, 1.165) is 5.69 Å². The maximum Gasteiger partial charge on any atom is 0.264 e. The van der Waals surface area contributed by atoms with Crippen LogP contribution < -0.4 is 5.56 Å². The highest BCUT2D eigenvalue weighted by Crippen LogP contribution is 2.12. The zero-order valence-electron chi connectivity index (χ0n) is 7.42. The summed E-state index contributed by atoms with van der Waals surface area (Å²) in [5, 5.41) is 2.55. The van der Waals surface area contributed by atoms with Gasteiger partial charge in [-0.25, -0.2) is 0 Å². The first kappa shape index (κ1) is 8.77. The molecule has 1 unspecified atom stereocenters. The van der Waals surface area contributed by atoms with Gasteiger partial charge in [-0.1, -0.05) is 0 Å². The fourth-order valence-corrected chi connectivity index (χ4v) is 1.12. The van der Waals surface area contributed by atoms with Gasteiger partial charge in [-0.05, 0) is 13.8 Å². The van der Waals surface area contributed by atoms with Crippen LogP contribution in [0.15, 0.2) is 10.9 Å². The van der Waals surface area contributed by atoms with E-state index in [4.69, 9.17) is 0 Å². The number of Topliss-reactive ketones (excluding diaryl/α,β-unsaturated/α-hetero) is 1. The third-order valence-corrected chi connectivity index (χ3v) is 2.00. The van der Waals surface area contributed by atoms with Crippen molar-refractivity contribution in [3.63, 3.8) is 0 Å².